The molecule has 0 unspecified atom stereocenters. The number of hydrogen-bond donors (Lipinski definition) is 2. The Kier molecular flexibility index (Phi) is 6.45. The SMILES string of the molecule is CCc1ccc([C@@H]([NH2+]CC(=O)Nc2ccccc2Cl)c2cccs2)cc1. The quantitative estimate of drug-likeness (QED) is 0.627. The molecule has 0 saturated carbocycles. The minimum Gasteiger partial charge on any atom is -0.328 e. The molecule has 26 heavy (non-hydrogen) atoms. The lowest BCUT2D eigenvalue weighted by molar-refractivity contribution is -0.675. The summed E-state index contributed by atoms with van der Waals surface area (Å²) in [5.41, 5.74) is 3.16. The van der Waals surface area contributed by atoms with Crippen molar-refractivity contribution in [1.82, 2.24) is 0 Å². The summed E-state index contributed by atoms with van der Waals surface area (Å²) in [6.45, 7) is 2.47. The van der Waals surface area contributed by atoms with Gasteiger partial charge in [0.2, 0.25) is 0 Å². The number of benzene rings is 2. The van der Waals surface area contributed by atoms with Crippen LogP contribution in [0.1, 0.15) is 29.0 Å². The standard InChI is InChI=1S/C21H21ClN2OS/c1-2-15-9-11-16(12-10-15)21(19-8-5-13-26-19)23-14-20(25)24-18-7-4-3-6-17(18)22/h3-13,21,23H,2,14H2,1H3,(H,24,25)/p+1/t21-/m1/s1. The van der Waals surface area contributed by atoms with Gasteiger partial charge in [0.25, 0.3) is 5.91 Å². The van der Waals surface area contributed by atoms with Crippen LogP contribution >= 0.6 is 22.9 Å². The average Bonchev–Trinajstić information content (AvgIpc) is 3.19. The summed E-state index contributed by atoms with van der Waals surface area (Å²) in [6, 6.07) is 20.2. The predicted molar refractivity (Wildman–Crippen MR) is 109 cm³/mol. The van der Waals surface area contributed by atoms with Gasteiger partial charge in [-0.15, -0.1) is 11.3 Å². The van der Waals surface area contributed by atoms with E-state index in [0.717, 1.165) is 6.42 Å². The van der Waals surface area contributed by atoms with Gasteiger partial charge in [-0.05, 0) is 35.6 Å². The number of rotatable bonds is 7. The van der Waals surface area contributed by atoms with Crippen molar-refractivity contribution >= 4 is 34.5 Å². The van der Waals surface area contributed by atoms with E-state index in [1.165, 1.54) is 16.0 Å². The Morgan fingerprint density at radius 2 is 1.88 bits per heavy atom. The minimum atomic E-state index is -0.0650. The van der Waals surface area contributed by atoms with Gasteiger partial charge >= 0.3 is 0 Å². The number of quaternary nitrogens is 1. The van der Waals surface area contributed by atoms with E-state index in [-0.39, 0.29) is 11.9 Å². The number of anilines is 1. The van der Waals surface area contributed by atoms with Crippen molar-refractivity contribution in [3.8, 4) is 0 Å². The molecule has 2 aromatic carbocycles. The van der Waals surface area contributed by atoms with Gasteiger partial charge in [0, 0.05) is 5.56 Å². The lowest BCUT2D eigenvalue weighted by Crippen LogP contribution is -2.87. The van der Waals surface area contributed by atoms with Gasteiger partial charge in [-0.2, -0.15) is 0 Å². The third kappa shape index (κ3) is 4.73. The van der Waals surface area contributed by atoms with Crippen molar-refractivity contribution in [1.29, 1.82) is 0 Å². The molecule has 0 aliphatic heterocycles. The van der Waals surface area contributed by atoms with Crippen molar-refractivity contribution in [2.75, 3.05) is 11.9 Å². The first-order valence-corrected chi connectivity index (χ1v) is 9.93. The number of halogens is 1. The van der Waals surface area contributed by atoms with Crippen LogP contribution in [-0.4, -0.2) is 12.5 Å². The summed E-state index contributed by atoms with van der Waals surface area (Å²) in [5, 5.41) is 7.57. The largest absolute Gasteiger partial charge is 0.328 e. The van der Waals surface area contributed by atoms with Crippen LogP contribution in [0.4, 0.5) is 5.69 Å². The zero-order valence-corrected chi connectivity index (χ0v) is 16.2. The molecule has 0 bridgehead atoms. The summed E-state index contributed by atoms with van der Waals surface area (Å²) >= 11 is 7.82. The van der Waals surface area contributed by atoms with Crippen molar-refractivity contribution in [3.05, 3.63) is 87.1 Å². The molecule has 1 amide bonds. The molecule has 5 heteroatoms. The summed E-state index contributed by atoms with van der Waals surface area (Å²) < 4.78 is 0. The molecular formula is C21H22ClN2OS+. The molecule has 0 aliphatic rings. The van der Waals surface area contributed by atoms with Crippen molar-refractivity contribution < 1.29 is 10.1 Å². The molecule has 0 aliphatic carbocycles. The molecule has 0 radical (unpaired) electrons. The number of carbonyl (C=O) groups excluding carboxylic acids is 1. The maximum absolute atomic E-state index is 12.4. The van der Waals surface area contributed by atoms with Crippen LogP contribution in [0.3, 0.4) is 0 Å². The van der Waals surface area contributed by atoms with E-state index in [0.29, 0.717) is 17.3 Å². The molecule has 3 rings (SSSR count). The normalized spacial score (nSPS) is 11.9. The van der Waals surface area contributed by atoms with Gasteiger partial charge in [0.05, 0.1) is 15.6 Å². The average molecular weight is 386 g/mol. The molecule has 134 valence electrons. The Bertz CT molecular complexity index is 847. The third-order valence-corrected chi connectivity index (χ3v) is 5.57. The first kappa shape index (κ1) is 18.6. The lowest BCUT2D eigenvalue weighted by Gasteiger charge is -2.15. The van der Waals surface area contributed by atoms with E-state index in [9.17, 15) is 4.79 Å². The molecule has 1 aromatic heterocycles. The van der Waals surface area contributed by atoms with E-state index in [4.69, 9.17) is 11.6 Å². The van der Waals surface area contributed by atoms with E-state index >= 15 is 0 Å². The number of carbonyl (C=O) groups is 1. The third-order valence-electron chi connectivity index (χ3n) is 4.28. The highest BCUT2D eigenvalue weighted by molar-refractivity contribution is 7.10. The zero-order chi connectivity index (χ0) is 18.4. The van der Waals surface area contributed by atoms with E-state index in [2.05, 4.69) is 53.3 Å². The number of amides is 1. The Hall–Kier alpha value is -2.14. The monoisotopic (exact) mass is 385 g/mol. The van der Waals surface area contributed by atoms with Crippen LogP contribution in [0, 0.1) is 0 Å². The van der Waals surface area contributed by atoms with Crippen LogP contribution < -0.4 is 10.6 Å². The predicted octanol–water partition coefficient (Wildman–Crippen LogP) is 4.26. The van der Waals surface area contributed by atoms with E-state index in [1.807, 2.05) is 18.2 Å². The zero-order valence-electron chi connectivity index (χ0n) is 14.6. The first-order chi connectivity index (χ1) is 12.7. The van der Waals surface area contributed by atoms with Crippen LogP contribution in [0.5, 0.6) is 0 Å². The van der Waals surface area contributed by atoms with E-state index in [1.54, 1.807) is 23.5 Å². The van der Waals surface area contributed by atoms with Gasteiger partial charge < -0.3 is 10.6 Å². The number of nitrogens with two attached hydrogens (primary N) is 1. The summed E-state index contributed by atoms with van der Waals surface area (Å²) in [5.74, 6) is -0.0650. The van der Waals surface area contributed by atoms with Crippen LogP contribution in [0.25, 0.3) is 0 Å². The molecule has 0 spiro atoms. The molecule has 3 aromatic rings. The lowest BCUT2D eigenvalue weighted by atomic mass is 10.0. The highest BCUT2D eigenvalue weighted by Crippen LogP contribution is 2.23. The molecular weight excluding hydrogens is 364 g/mol. The summed E-state index contributed by atoms with van der Waals surface area (Å²) in [4.78, 5) is 13.6. The molecule has 1 atom stereocenters. The number of hydrogen-bond acceptors (Lipinski definition) is 2. The number of aryl methyl sites for hydroxylation is 1. The molecule has 3 N–H and O–H groups in total. The fourth-order valence-corrected chi connectivity index (χ4v) is 3.87. The Balaban J connectivity index is 1.70. The van der Waals surface area contributed by atoms with Gasteiger partial charge in [0.15, 0.2) is 6.54 Å². The van der Waals surface area contributed by atoms with Crippen LogP contribution in [0.2, 0.25) is 5.02 Å². The fraction of sp³-hybridized carbons (Fsp3) is 0.190. The number of para-hydroxylation sites is 1. The van der Waals surface area contributed by atoms with Crippen molar-refractivity contribution in [3.63, 3.8) is 0 Å². The maximum atomic E-state index is 12.4. The fourth-order valence-electron chi connectivity index (χ4n) is 2.83. The molecule has 0 saturated heterocycles. The first-order valence-electron chi connectivity index (χ1n) is 8.67. The Morgan fingerprint density at radius 1 is 1.12 bits per heavy atom. The van der Waals surface area contributed by atoms with Crippen LogP contribution in [0.15, 0.2) is 66.0 Å². The molecule has 3 nitrogen and oxygen atoms in total. The second kappa shape index (κ2) is 8.99. The topological polar surface area (TPSA) is 45.7 Å². The number of thiophene rings is 1. The molecule has 0 fully saturated rings. The number of nitrogens with one attached hydrogen (secondary N) is 1. The van der Waals surface area contributed by atoms with Gasteiger partial charge in [-0.25, -0.2) is 0 Å². The second-order valence-electron chi connectivity index (χ2n) is 6.06. The smallest absolute Gasteiger partial charge is 0.279 e. The minimum absolute atomic E-state index is 0.0650. The van der Waals surface area contributed by atoms with Crippen molar-refractivity contribution in [2.45, 2.75) is 19.4 Å². The molecule has 1 heterocycles. The highest BCUT2D eigenvalue weighted by Gasteiger charge is 2.20. The van der Waals surface area contributed by atoms with E-state index < -0.39 is 0 Å². The Labute approximate surface area is 163 Å². The maximum Gasteiger partial charge on any atom is 0.279 e. The van der Waals surface area contributed by atoms with Gasteiger partial charge in [-0.1, -0.05) is 61.0 Å². The van der Waals surface area contributed by atoms with Gasteiger partial charge in [-0.3, -0.25) is 4.79 Å². The van der Waals surface area contributed by atoms with Crippen LogP contribution in [-0.2, 0) is 11.2 Å². The van der Waals surface area contributed by atoms with Gasteiger partial charge in [0.1, 0.15) is 6.04 Å². The van der Waals surface area contributed by atoms with Crippen molar-refractivity contribution in [2.24, 2.45) is 0 Å². The highest BCUT2D eigenvalue weighted by atomic mass is 35.5. The summed E-state index contributed by atoms with van der Waals surface area (Å²) in [7, 11) is 0. The summed E-state index contributed by atoms with van der Waals surface area (Å²) in [6.07, 6.45) is 1.02. The second-order valence-corrected chi connectivity index (χ2v) is 7.44. The Morgan fingerprint density at radius 3 is 2.54 bits per heavy atom.